The van der Waals surface area contributed by atoms with E-state index in [0.29, 0.717) is 17.2 Å². The van der Waals surface area contributed by atoms with Crippen LogP contribution in [0.2, 0.25) is 0 Å². The summed E-state index contributed by atoms with van der Waals surface area (Å²) in [6.07, 6.45) is 0. The van der Waals surface area contributed by atoms with Crippen LogP contribution in [0.4, 0.5) is 11.4 Å². The number of hydrogen-bond donors (Lipinski definition) is 2. The number of ether oxygens (including phenoxy) is 2. The van der Waals surface area contributed by atoms with Gasteiger partial charge in [-0.1, -0.05) is 29.8 Å². The van der Waals surface area contributed by atoms with Gasteiger partial charge < -0.3 is 14.8 Å². The average molecular weight is 487 g/mol. The first kappa shape index (κ1) is 24.5. The summed E-state index contributed by atoms with van der Waals surface area (Å²) in [7, 11) is -1.02. The van der Waals surface area contributed by atoms with E-state index in [1.54, 1.807) is 24.3 Å². The summed E-state index contributed by atoms with van der Waals surface area (Å²) in [5.41, 5.74) is 2.79. The first-order valence-electron chi connectivity index (χ1n) is 10.1. The summed E-state index contributed by atoms with van der Waals surface area (Å²) in [6.45, 7) is 3.99. The smallest absolute Gasteiger partial charge is 0.262 e. The predicted molar refractivity (Wildman–Crippen MR) is 132 cm³/mol. The Morgan fingerprint density at radius 3 is 2.33 bits per heavy atom. The zero-order valence-electron chi connectivity index (χ0n) is 18.8. The molecule has 0 atom stereocenters. The summed E-state index contributed by atoms with van der Waals surface area (Å²) in [5, 5.41) is 2.76. The molecule has 0 aliphatic rings. The third kappa shape index (κ3) is 6.21. The SMILES string of the molecule is COc1ccc(S(=O)(=O)Nc2ccccc2OC)cc1NC(=O)CSc1cc(C)ccc1C. The Kier molecular flexibility index (Phi) is 7.88. The number of aryl methyl sites for hydroxylation is 2. The van der Waals surface area contributed by atoms with Gasteiger partial charge in [0.25, 0.3) is 10.0 Å². The zero-order chi connectivity index (χ0) is 24.0. The van der Waals surface area contributed by atoms with E-state index in [9.17, 15) is 13.2 Å². The van der Waals surface area contributed by atoms with Gasteiger partial charge in [-0.15, -0.1) is 11.8 Å². The van der Waals surface area contributed by atoms with E-state index < -0.39 is 10.0 Å². The Morgan fingerprint density at radius 1 is 0.909 bits per heavy atom. The summed E-state index contributed by atoms with van der Waals surface area (Å²) >= 11 is 1.42. The van der Waals surface area contributed by atoms with E-state index in [1.165, 1.54) is 44.2 Å². The molecule has 1 amide bonds. The second-order valence-corrected chi connectivity index (χ2v) is 9.97. The number of thioether (sulfide) groups is 1. The number of sulfonamides is 1. The lowest BCUT2D eigenvalue weighted by Crippen LogP contribution is -2.17. The molecule has 0 unspecified atom stereocenters. The van der Waals surface area contributed by atoms with E-state index in [-0.39, 0.29) is 22.2 Å². The summed E-state index contributed by atoms with van der Waals surface area (Å²) in [6, 6.07) is 17.1. The molecule has 0 saturated heterocycles. The molecular weight excluding hydrogens is 460 g/mol. The van der Waals surface area contributed by atoms with Gasteiger partial charge in [0, 0.05) is 4.90 Å². The molecule has 3 aromatic carbocycles. The molecular formula is C24H26N2O5S2. The number of nitrogens with one attached hydrogen (secondary N) is 2. The van der Waals surface area contributed by atoms with Gasteiger partial charge >= 0.3 is 0 Å². The molecule has 0 radical (unpaired) electrons. The number of anilines is 2. The molecule has 3 aromatic rings. The van der Waals surface area contributed by atoms with Crippen LogP contribution in [0.25, 0.3) is 0 Å². The number of para-hydroxylation sites is 2. The van der Waals surface area contributed by atoms with Crippen molar-refractivity contribution in [3.05, 3.63) is 71.8 Å². The second-order valence-electron chi connectivity index (χ2n) is 7.27. The number of hydrogen-bond acceptors (Lipinski definition) is 6. The highest BCUT2D eigenvalue weighted by Crippen LogP contribution is 2.31. The van der Waals surface area contributed by atoms with E-state index in [1.807, 2.05) is 32.0 Å². The lowest BCUT2D eigenvalue weighted by Gasteiger charge is -2.15. The lowest BCUT2D eigenvalue weighted by atomic mass is 10.2. The normalized spacial score (nSPS) is 11.0. The summed E-state index contributed by atoms with van der Waals surface area (Å²) in [4.78, 5) is 13.6. The van der Waals surface area contributed by atoms with Gasteiger partial charge in [-0.05, 0) is 55.8 Å². The maximum atomic E-state index is 13.0. The quantitative estimate of drug-likeness (QED) is 0.420. The van der Waals surface area contributed by atoms with Crippen molar-refractivity contribution in [3.63, 3.8) is 0 Å². The van der Waals surface area contributed by atoms with Crippen molar-refractivity contribution in [1.82, 2.24) is 0 Å². The molecule has 0 heterocycles. The van der Waals surface area contributed by atoms with Crippen LogP contribution in [-0.4, -0.2) is 34.3 Å². The van der Waals surface area contributed by atoms with Gasteiger partial charge in [-0.25, -0.2) is 8.42 Å². The van der Waals surface area contributed by atoms with Gasteiger partial charge in [0.1, 0.15) is 11.5 Å². The lowest BCUT2D eigenvalue weighted by molar-refractivity contribution is -0.113. The monoisotopic (exact) mass is 486 g/mol. The number of amides is 1. The molecule has 174 valence electrons. The molecule has 2 N–H and O–H groups in total. The summed E-state index contributed by atoms with van der Waals surface area (Å²) in [5.74, 6) is 0.651. The number of carbonyl (C=O) groups excluding carboxylic acids is 1. The number of methoxy groups -OCH3 is 2. The number of benzene rings is 3. The van der Waals surface area contributed by atoms with Crippen LogP contribution in [0, 0.1) is 13.8 Å². The van der Waals surface area contributed by atoms with Crippen molar-refractivity contribution in [2.45, 2.75) is 23.6 Å². The topological polar surface area (TPSA) is 93.7 Å². The van der Waals surface area contributed by atoms with Crippen LogP contribution in [0.3, 0.4) is 0 Å². The Bertz CT molecular complexity index is 1260. The van der Waals surface area contributed by atoms with Crippen molar-refractivity contribution in [3.8, 4) is 11.5 Å². The Labute approximate surface area is 198 Å². The highest BCUT2D eigenvalue weighted by Gasteiger charge is 2.19. The fourth-order valence-electron chi connectivity index (χ4n) is 3.08. The van der Waals surface area contributed by atoms with Crippen LogP contribution in [-0.2, 0) is 14.8 Å². The molecule has 0 aromatic heterocycles. The van der Waals surface area contributed by atoms with Crippen molar-refractivity contribution in [2.24, 2.45) is 0 Å². The van der Waals surface area contributed by atoms with Crippen molar-refractivity contribution in [1.29, 1.82) is 0 Å². The minimum Gasteiger partial charge on any atom is -0.495 e. The third-order valence-electron chi connectivity index (χ3n) is 4.81. The fraction of sp³-hybridized carbons (Fsp3) is 0.208. The van der Waals surface area contributed by atoms with Crippen molar-refractivity contribution >= 4 is 39.1 Å². The first-order valence-corrected chi connectivity index (χ1v) is 12.5. The molecule has 0 aliphatic heterocycles. The highest BCUT2D eigenvalue weighted by atomic mass is 32.2. The maximum Gasteiger partial charge on any atom is 0.262 e. The molecule has 0 saturated carbocycles. The average Bonchev–Trinajstić information content (AvgIpc) is 2.79. The van der Waals surface area contributed by atoms with E-state index in [4.69, 9.17) is 9.47 Å². The zero-order valence-corrected chi connectivity index (χ0v) is 20.5. The molecule has 0 aliphatic carbocycles. The van der Waals surface area contributed by atoms with E-state index >= 15 is 0 Å². The largest absolute Gasteiger partial charge is 0.495 e. The van der Waals surface area contributed by atoms with Crippen molar-refractivity contribution in [2.75, 3.05) is 30.0 Å². The summed E-state index contributed by atoms with van der Waals surface area (Å²) < 4.78 is 39.0. The molecule has 0 spiro atoms. The van der Waals surface area contributed by atoms with Gasteiger partial charge in [-0.3, -0.25) is 9.52 Å². The van der Waals surface area contributed by atoms with Gasteiger partial charge in [0.2, 0.25) is 5.91 Å². The number of carbonyl (C=O) groups is 1. The minimum atomic E-state index is -3.94. The molecule has 0 bridgehead atoms. The minimum absolute atomic E-state index is 0.0216. The molecule has 0 fully saturated rings. The number of rotatable bonds is 9. The molecule has 9 heteroatoms. The van der Waals surface area contributed by atoms with Crippen LogP contribution in [0.5, 0.6) is 11.5 Å². The molecule has 7 nitrogen and oxygen atoms in total. The fourth-order valence-corrected chi connectivity index (χ4v) is 5.10. The Hall–Kier alpha value is -3.17. The Morgan fingerprint density at radius 2 is 1.61 bits per heavy atom. The second kappa shape index (κ2) is 10.6. The van der Waals surface area contributed by atoms with Gasteiger partial charge in [-0.2, -0.15) is 0 Å². The van der Waals surface area contributed by atoms with Crippen LogP contribution in [0.15, 0.2) is 70.5 Å². The van der Waals surface area contributed by atoms with E-state index in [0.717, 1.165) is 16.0 Å². The maximum absolute atomic E-state index is 13.0. The van der Waals surface area contributed by atoms with Gasteiger partial charge in [0.15, 0.2) is 0 Å². The molecule has 3 rings (SSSR count). The Balaban J connectivity index is 1.78. The highest BCUT2D eigenvalue weighted by molar-refractivity contribution is 8.00. The van der Waals surface area contributed by atoms with E-state index in [2.05, 4.69) is 10.0 Å². The standard InChI is InChI=1S/C24H26N2O5S2/c1-16-9-10-17(2)23(13-16)32-15-24(27)25-20-14-18(11-12-22(20)31-4)33(28,29)26-19-7-5-6-8-21(19)30-3/h5-14,26H,15H2,1-4H3,(H,25,27). The third-order valence-corrected chi connectivity index (χ3v) is 7.33. The van der Waals surface area contributed by atoms with Crippen LogP contribution < -0.4 is 19.5 Å². The molecule has 33 heavy (non-hydrogen) atoms. The van der Waals surface area contributed by atoms with Gasteiger partial charge in [0.05, 0.1) is 36.2 Å². The van der Waals surface area contributed by atoms with Crippen LogP contribution in [0.1, 0.15) is 11.1 Å². The van der Waals surface area contributed by atoms with Crippen molar-refractivity contribution < 1.29 is 22.7 Å². The van der Waals surface area contributed by atoms with Crippen LogP contribution >= 0.6 is 11.8 Å². The predicted octanol–water partition coefficient (Wildman–Crippen LogP) is 4.85. The first-order chi connectivity index (χ1) is 15.7.